The van der Waals surface area contributed by atoms with Crippen LogP contribution in [0.5, 0.6) is 0 Å². The lowest BCUT2D eigenvalue weighted by molar-refractivity contribution is 0.319. The Bertz CT molecular complexity index is 103. The maximum atomic E-state index is 7.67. The first-order valence-electron chi connectivity index (χ1n) is 1.63. The average Bonchev–Trinajstić information content (AvgIpc) is 1.81. The highest BCUT2D eigenvalue weighted by atomic mass is 16.4. The number of hydrogen-bond donors (Lipinski definition) is 2. The molecule has 0 amide bonds. The van der Waals surface area contributed by atoms with Gasteiger partial charge < -0.3 is 10.4 Å². The molecule has 8 heavy (non-hydrogen) atoms. The number of rotatable bonds is 2. The fourth-order valence-corrected chi connectivity index (χ4v) is 0.106. The molecule has 0 aliphatic heterocycles. The first-order chi connectivity index (χ1) is 3.91. The summed E-state index contributed by atoms with van der Waals surface area (Å²) in [6.07, 6.45) is 1.59. The van der Waals surface area contributed by atoms with E-state index < -0.39 is 0 Å². The highest BCUT2D eigenvalue weighted by Gasteiger charge is 1.59. The molecule has 0 heterocycles. The Balaban J connectivity index is 3.35. The fraction of sp³-hybridized carbons (Fsp3) is 0. The van der Waals surface area contributed by atoms with Crippen LogP contribution in [0.15, 0.2) is 20.5 Å². The topological polar surface area (TPSA) is 89.9 Å². The molecule has 0 bridgehead atoms. The number of oxime groups is 2. The van der Waals surface area contributed by atoms with E-state index in [1.54, 1.807) is 0 Å². The van der Waals surface area contributed by atoms with E-state index in [2.05, 4.69) is 20.5 Å². The molecule has 6 nitrogen and oxygen atoms in total. The summed E-state index contributed by atoms with van der Waals surface area (Å²) in [5.74, 6) is 0. The van der Waals surface area contributed by atoms with E-state index in [1.165, 1.54) is 0 Å². The fourth-order valence-electron chi connectivity index (χ4n) is 0.106. The van der Waals surface area contributed by atoms with Gasteiger partial charge in [-0.05, 0) is 0 Å². The van der Waals surface area contributed by atoms with E-state index in [1.807, 2.05) is 0 Å². The molecule has 0 fully saturated rings. The second kappa shape index (κ2) is 5.54. The van der Waals surface area contributed by atoms with Gasteiger partial charge in [-0.3, -0.25) is 0 Å². The molecule has 0 saturated carbocycles. The van der Waals surface area contributed by atoms with Crippen LogP contribution < -0.4 is 0 Å². The molecule has 6 heteroatoms. The van der Waals surface area contributed by atoms with Gasteiger partial charge >= 0.3 is 0 Å². The summed E-state index contributed by atoms with van der Waals surface area (Å²) in [7, 11) is 0. The second-order valence-corrected chi connectivity index (χ2v) is 0.693. The van der Waals surface area contributed by atoms with Gasteiger partial charge in [0.05, 0.1) is 0 Å². The Morgan fingerprint density at radius 3 is 1.50 bits per heavy atom. The Morgan fingerprint density at radius 1 is 0.875 bits per heavy atom. The zero-order valence-electron chi connectivity index (χ0n) is 3.84. The van der Waals surface area contributed by atoms with Crippen LogP contribution in [-0.2, 0) is 0 Å². The van der Waals surface area contributed by atoms with E-state index in [4.69, 9.17) is 10.4 Å². The Hall–Kier alpha value is -1.46. The first-order valence-corrected chi connectivity index (χ1v) is 1.63. The molecule has 0 aliphatic carbocycles. The van der Waals surface area contributed by atoms with Crippen LogP contribution in [-0.4, -0.2) is 23.1 Å². The van der Waals surface area contributed by atoms with E-state index >= 15 is 0 Å². The van der Waals surface area contributed by atoms with Gasteiger partial charge in [0.15, 0.2) is 12.7 Å². The molecule has 0 aromatic carbocycles. The van der Waals surface area contributed by atoms with E-state index in [9.17, 15) is 0 Å². The van der Waals surface area contributed by atoms with Crippen molar-refractivity contribution < 1.29 is 10.4 Å². The molecule has 0 radical (unpaired) electrons. The molecule has 0 aromatic rings. The van der Waals surface area contributed by atoms with Crippen LogP contribution in [0.2, 0.25) is 0 Å². The summed E-state index contributed by atoms with van der Waals surface area (Å²) in [5, 5.41) is 26.4. The molecule has 0 unspecified atom stereocenters. The highest BCUT2D eigenvalue weighted by Crippen LogP contribution is 1.63. The monoisotopic (exact) mass is 116 g/mol. The Kier molecular flexibility index (Phi) is 4.53. The summed E-state index contributed by atoms with van der Waals surface area (Å²) >= 11 is 0. The summed E-state index contributed by atoms with van der Waals surface area (Å²) in [6, 6.07) is 0. The maximum absolute atomic E-state index is 7.67. The normalized spacial score (nSPS) is 12.5. The molecule has 0 rings (SSSR count). The molecular weight excluding hydrogens is 112 g/mol. The predicted molar refractivity (Wildman–Crippen MR) is 25.4 cm³/mol. The van der Waals surface area contributed by atoms with Crippen LogP contribution >= 0.6 is 0 Å². The smallest absolute Gasteiger partial charge is 0.177 e. The quantitative estimate of drug-likeness (QED) is 0.178. The van der Waals surface area contributed by atoms with Crippen LogP contribution in [0.25, 0.3) is 0 Å². The molecule has 0 atom stereocenters. The van der Waals surface area contributed by atoms with Gasteiger partial charge in [-0.15, -0.1) is 10.2 Å². The first kappa shape index (κ1) is 6.54. The Labute approximate surface area is 44.8 Å². The molecule has 0 spiro atoms. The van der Waals surface area contributed by atoms with Crippen LogP contribution in [0.3, 0.4) is 0 Å². The molecule has 2 N–H and O–H groups in total. The number of nitrogens with zero attached hydrogens (tertiary/aromatic N) is 4. The minimum atomic E-state index is 0.793. The van der Waals surface area contributed by atoms with Crippen molar-refractivity contribution in [3.05, 3.63) is 0 Å². The van der Waals surface area contributed by atoms with Crippen molar-refractivity contribution in [3.63, 3.8) is 0 Å². The van der Waals surface area contributed by atoms with E-state index in [0.29, 0.717) is 0 Å². The lowest BCUT2D eigenvalue weighted by atomic mass is 11.3. The second-order valence-electron chi connectivity index (χ2n) is 0.693. The third-order valence-electron chi connectivity index (χ3n) is 0.273. The van der Waals surface area contributed by atoms with Crippen LogP contribution in [0, 0.1) is 0 Å². The minimum Gasteiger partial charge on any atom is -0.410 e. The van der Waals surface area contributed by atoms with Gasteiger partial charge in [0.25, 0.3) is 0 Å². The Morgan fingerprint density at radius 2 is 1.25 bits per heavy atom. The maximum Gasteiger partial charge on any atom is 0.177 e. The SMILES string of the molecule is O\N=C/N=N/C=N\O. The summed E-state index contributed by atoms with van der Waals surface area (Å²) in [5.41, 5.74) is 0. The number of hydrogen-bond acceptors (Lipinski definition) is 4. The molecule has 0 saturated heterocycles. The van der Waals surface area contributed by atoms with E-state index in [-0.39, 0.29) is 0 Å². The van der Waals surface area contributed by atoms with Crippen LogP contribution in [0.4, 0.5) is 0 Å². The largest absolute Gasteiger partial charge is 0.410 e. The zero-order chi connectivity index (χ0) is 6.24. The van der Waals surface area contributed by atoms with Gasteiger partial charge in [-0.2, -0.15) is 0 Å². The standard InChI is InChI=1S/C2H4N4O2/c7-5-1-3-4-2-6-8/h1-2,7-8H/b4-3+,5-1-,6-2-. The number of azo groups is 1. The van der Waals surface area contributed by atoms with Gasteiger partial charge in [0.1, 0.15) is 0 Å². The predicted octanol–water partition coefficient (Wildman–Crippen LogP) is 0.274. The summed E-state index contributed by atoms with van der Waals surface area (Å²) in [4.78, 5) is 0. The van der Waals surface area contributed by atoms with Gasteiger partial charge in [0.2, 0.25) is 0 Å². The van der Waals surface area contributed by atoms with Crippen molar-refractivity contribution in [3.8, 4) is 0 Å². The van der Waals surface area contributed by atoms with Gasteiger partial charge in [-0.1, -0.05) is 10.3 Å². The molecule has 0 aromatic heterocycles. The zero-order valence-corrected chi connectivity index (χ0v) is 3.84. The van der Waals surface area contributed by atoms with Crippen molar-refractivity contribution in [1.29, 1.82) is 0 Å². The van der Waals surface area contributed by atoms with E-state index in [0.717, 1.165) is 12.7 Å². The van der Waals surface area contributed by atoms with Gasteiger partial charge in [-0.25, -0.2) is 0 Å². The molecule has 44 valence electrons. The molecule has 0 aliphatic rings. The van der Waals surface area contributed by atoms with Crippen molar-refractivity contribution >= 4 is 12.7 Å². The average molecular weight is 116 g/mol. The third kappa shape index (κ3) is 4.54. The van der Waals surface area contributed by atoms with Crippen molar-refractivity contribution in [1.82, 2.24) is 0 Å². The van der Waals surface area contributed by atoms with Crippen molar-refractivity contribution in [2.75, 3.05) is 0 Å². The summed E-state index contributed by atoms with van der Waals surface area (Å²) in [6.45, 7) is 0. The van der Waals surface area contributed by atoms with Crippen molar-refractivity contribution in [2.45, 2.75) is 0 Å². The van der Waals surface area contributed by atoms with Crippen molar-refractivity contribution in [2.24, 2.45) is 20.5 Å². The highest BCUT2D eigenvalue weighted by molar-refractivity contribution is 5.59. The lowest BCUT2D eigenvalue weighted by Gasteiger charge is -1.66. The summed E-state index contributed by atoms with van der Waals surface area (Å²) < 4.78 is 0. The third-order valence-corrected chi connectivity index (χ3v) is 0.273. The minimum absolute atomic E-state index is 0.793. The lowest BCUT2D eigenvalue weighted by Crippen LogP contribution is -1.64. The molecular formula is C2H4N4O2. The van der Waals surface area contributed by atoms with Crippen LogP contribution in [0.1, 0.15) is 0 Å². The van der Waals surface area contributed by atoms with Gasteiger partial charge in [0, 0.05) is 0 Å².